The van der Waals surface area contributed by atoms with E-state index in [-0.39, 0.29) is 29.8 Å². The number of nitrogens with zero attached hydrogens (tertiary/aromatic N) is 2. The minimum atomic E-state index is -0.277. The van der Waals surface area contributed by atoms with E-state index in [1.165, 1.54) is 12.7 Å². The number of hydrogen-bond donors (Lipinski definition) is 0. The lowest BCUT2D eigenvalue weighted by molar-refractivity contribution is -0.149. The Kier molecular flexibility index (Phi) is 6.89. The summed E-state index contributed by atoms with van der Waals surface area (Å²) in [5, 5.41) is 0. The van der Waals surface area contributed by atoms with E-state index in [0.717, 1.165) is 51.7 Å². The van der Waals surface area contributed by atoms with E-state index < -0.39 is 0 Å². The number of benzene rings is 1. The molecule has 0 N–H and O–H groups in total. The van der Waals surface area contributed by atoms with E-state index in [4.69, 9.17) is 4.74 Å². The smallest absolute Gasteiger partial charge is 0.310 e. The van der Waals surface area contributed by atoms with Crippen molar-refractivity contribution in [3.63, 3.8) is 0 Å². The van der Waals surface area contributed by atoms with Crippen LogP contribution in [0.1, 0.15) is 44.6 Å². The summed E-state index contributed by atoms with van der Waals surface area (Å²) in [5.41, 5.74) is 1.33. The maximum atomic E-state index is 13.0. The monoisotopic (exact) mass is 372 g/mol. The molecule has 1 heterocycles. The number of likely N-dealkylation sites (tertiary alicyclic amines) is 1. The second kappa shape index (κ2) is 9.36. The lowest BCUT2D eigenvalue weighted by atomic mass is 9.83. The molecule has 1 unspecified atom stereocenters. The zero-order chi connectivity index (χ0) is 19.2. The summed E-state index contributed by atoms with van der Waals surface area (Å²) in [6.07, 6.45) is 5.08. The van der Waals surface area contributed by atoms with Gasteiger partial charge in [0.15, 0.2) is 0 Å². The molecule has 2 aliphatic rings. The number of rotatable bonds is 7. The average molecular weight is 373 g/mol. The molecule has 1 saturated carbocycles. The number of piperidine rings is 1. The molecule has 1 aromatic carbocycles. The third kappa shape index (κ3) is 5.10. The molecule has 148 valence electrons. The highest BCUT2D eigenvalue weighted by molar-refractivity contribution is 5.81. The van der Waals surface area contributed by atoms with Crippen LogP contribution in [-0.4, -0.2) is 54.5 Å². The van der Waals surface area contributed by atoms with E-state index in [0.29, 0.717) is 6.54 Å². The summed E-state index contributed by atoms with van der Waals surface area (Å²) in [6.45, 7) is 5.27. The van der Waals surface area contributed by atoms with E-state index in [1.54, 1.807) is 0 Å². The molecule has 1 saturated heterocycles. The van der Waals surface area contributed by atoms with Crippen LogP contribution in [0.2, 0.25) is 0 Å². The standard InChI is InChI=1S/C22H32N2O3/c1-17(22(26)27-2)15-24(21(25)19-9-6-10-19)20-11-13-23(14-12-20)16-18-7-4-3-5-8-18/h3-5,7-8,17,19-20H,6,9-16H2,1-2H3. The van der Waals surface area contributed by atoms with Gasteiger partial charge in [-0.3, -0.25) is 14.5 Å². The topological polar surface area (TPSA) is 49.9 Å². The normalized spacial score (nSPS) is 19.9. The van der Waals surface area contributed by atoms with Gasteiger partial charge < -0.3 is 9.64 Å². The van der Waals surface area contributed by atoms with Crippen molar-refractivity contribution in [3.05, 3.63) is 35.9 Å². The van der Waals surface area contributed by atoms with Gasteiger partial charge in [0.25, 0.3) is 0 Å². The molecule has 27 heavy (non-hydrogen) atoms. The molecule has 1 aromatic rings. The summed E-state index contributed by atoms with van der Waals surface area (Å²) in [7, 11) is 1.42. The van der Waals surface area contributed by atoms with Crippen LogP contribution in [0.15, 0.2) is 30.3 Å². The molecule has 5 nitrogen and oxygen atoms in total. The van der Waals surface area contributed by atoms with Gasteiger partial charge in [0.05, 0.1) is 13.0 Å². The second-order valence-corrected chi connectivity index (χ2v) is 8.04. The van der Waals surface area contributed by atoms with Gasteiger partial charge in [-0.2, -0.15) is 0 Å². The largest absolute Gasteiger partial charge is 0.469 e. The van der Waals surface area contributed by atoms with Gasteiger partial charge in [-0.1, -0.05) is 43.7 Å². The molecule has 5 heteroatoms. The quantitative estimate of drug-likeness (QED) is 0.690. The fourth-order valence-electron chi connectivity index (χ4n) is 4.11. The van der Waals surface area contributed by atoms with Crippen LogP contribution in [0.4, 0.5) is 0 Å². The number of amides is 1. The molecule has 0 radical (unpaired) electrons. The first-order valence-electron chi connectivity index (χ1n) is 10.2. The van der Waals surface area contributed by atoms with Crippen molar-refractivity contribution in [1.82, 2.24) is 9.80 Å². The molecular weight excluding hydrogens is 340 g/mol. The van der Waals surface area contributed by atoms with Crippen molar-refractivity contribution < 1.29 is 14.3 Å². The Morgan fingerprint density at radius 2 is 1.81 bits per heavy atom. The first-order chi connectivity index (χ1) is 13.1. The molecule has 0 spiro atoms. The Morgan fingerprint density at radius 1 is 1.15 bits per heavy atom. The number of carbonyl (C=O) groups excluding carboxylic acids is 2. The van der Waals surface area contributed by atoms with E-state index in [9.17, 15) is 9.59 Å². The van der Waals surface area contributed by atoms with E-state index in [2.05, 4.69) is 29.2 Å². The average Bonchev–Trinajstić information content (AvgIpc) is 2.65. The first-order valence-corrected chi connectivity index (χ1v) is 10.2. The molecule has 3 rings (SSSR count). The number of hydrogen-bond acceptors (Lipinski definition) is 4. The maximum absolute atomic E-state index is 13.0. The van der Waals surface area contributed by atoms with Crippen molar-refractivity contribution in [3.8, 4) is 0 Å². The lowest BCUT2D eigenvalue weighted by Crippen LogP contribution is -2.51. The predicted molar refractivity (Wildman–Crippen MR) is 105 cm³/mol. The first kappa shape index (κ1) is 19.9. The molecular formula is C22H32N2O3. The Balaban J connectivity index is 1.59. The summed E-state index contributed by atoms with van der Waals surface area (Å²) in [6, 6.07) is 10.8. The molecule has 1 aliphatic carbocycles. The summed E-state index contributed by atoms with van der Waals surface area (Å²) >= 11 is 0. The Hall–Kier alpha value is -1.88. The second-order valence-electron chi connectivity index (χ2n) is 8.04. The third-order valence-electron chi connectivity index (χ3n) is 6.06. The highest BCUT2D eigenvalue weighted by atomic mass is 16.5. The zero-order valence-electron chi connectivity index (χ0n) is 16.6. The Morgan fingerprint density at radius 3 is 2.37 bits per heavy atom. The van der Waals surface area contributed by atoms with Gasteiger partial charge in [-0.25, -0.2) is 0 Å². The minimum absolute atomic E-state index is 0.164. The SMILES string of the molecule is COC(=O)C(C)CN(C(=O)C1CCC1)C1CCN(Cc2ccccc2)CC1. The van der Waals surface area contributed by atoms with Crippen LogP contribution in [0.5, 0.6) is 0 Å². The van der Waals surface area contributed by atoms with Gasteiger partial charge in [0.2, 0.25) is 5.91 Å². The molecule has 1 aliphatic heterocycles. The zero-order valence-corrected chi connectivity index (χ0v) is 16.6. The molecule has 1 amide bonds. The molecule has 0 aromatic heterocycles. The van der Waals surface area contributed by atoms with Crippen molar-refractivity contribution in [2.75, 3.05) is 26.7 Å². The van der Waals surface area contributed by atoms with Gasteiger partial charge in [-0.05, 0) is 31.2 Å². The summed E-state index contributed by atoms with van der Waals surface area (Å²) in [4.78, 5) is 29.4. The molecule has 1 atom stereocenters. The predicted octanol–water partition coefficient (Wildman–Crippen LogP) is 3.09. The van der Waals surface area contributed by atoms with Crippen LogP contribution in [0, 0.1) is 11.8 Å². The molecule has 0 bridgehead atoms. The van der Waals surface area contributed by atoms with Crippen LogP contribution < -0.4 is 0 Å². The third-order valence-corrected chi connectivity index (χ3v) is 6.06. The van der Waals surface area contributed by atoms with Crippen molar-refractivity contribution in [2.45, 2.75) is 51.6 Å². The van der Waals surface area contributed by atoms with Crippen molar-refractivity contribution in [2.24, 2.45) is 11.8 Å². The highest BCUT2D eigenvalue weighted by Gasteiger charge is 2.36. The lowest BCUT2D eigenvalue weighted by Gasteiger charge is -2.42. The summed E-state index contributed by atoms with van der Waals surface area (Å²) in [5.74, 6) is -0.0972. The van der Waals surface area contributed by atoms with Crippen molar-refractivity contribution >= 4 is 11.9 Å². The fraction of sp³-hybridized carbons (Fsp3) is 0.636. The Bertz CT molecular complexity index is 622. The van der Waals surface area contributed by atoms with Crippen LogP contribution in [-0.2, 0) is 20.9 Å². The highest BCUT2D eigenvalue weighted by Crippen LogP contribution is 2.31. The van der Waals surface area contributed by atoms with Crippen LogP contribution in [0.25, 0.3) is 0 Å². The minimum Gasteiger partial charge on any atom is -0.469 e. The van der Waals surface area contributed by atoms with Gasteiger partial charge in [0.1, 0.15) is 0 Å². The number of esters is 1. The van der Waals surface area contributed by atoms with Crippen LogP contribution >= 0.6 is 0 Å². The number of ether oxygens (including phenoxy) is 1. The summed E-state index contributed by atoms with van der Waals surface area (Å²) < 4.78 is 4.88. The van der Waals surface area contributed by atoms with Crippen molar-refractivity contribution in [1.29, 1.82) is 0 Å². The number of methoxy groups -OCH3 is 1. The van der Waals surface area contributed by atoms with E-state index in [1.807, 2.05) is 17.9 Å². The number of carbonyl (C=O) groups is 2. The van der Waals surface area contributed by atoms with Gasteiger partial charge in [0, 0.05) is 38.1 Å². The maximum Gasteiger partial charge on any atom is 0.310 e. The van der Waals surface area contributed by atoms with E-state index >= 15 is 0 Å². The van der Waals surface area contributed by atoms with Gasteiger partial charge in [-0.15, -0.1) is 0 Å². The fourth-order valence-corrected chi connectivity index (χ4v) is 4.11. The Labute approximate surface area is 162 Å². The van der Waals surface area contributed by atoms with Crippen LogP contribution in [0.3, 0.4) is 0 Å². The van der Waals surface area contributed by atoms with Gasteiger partial charge >= 0.3 is 5.97 Å². The molecule has 2 fully saturated rings.